The SMILES string of the molecule is CCC(O)c1cn(CC(C)C(N)=O)nn1. The summed E-state index contributed by atoms with van der Waals surface area (Å²) in [5.41, 5.74) is 5.65. The molecule has 0 aliphatic carbocycles. The van der Waals surface area contributed by atoms with Crippen molar-refractivity contribution in [2.45, 2.75) is 32.9 Å². The van der Waals surface area contributed by atoms with Gasteiger partial charge in [0.05, 0.1) is 24.8 Å². The topological polar surface area (TPSA) is 94.0 Å². The summed E-state index contributed by atoms with van der Waals surface area (Å²) in [5, 5.41) is 17.1. The van der Waals surface area contributed by atoms with Crippen LogP contribution in [0.1, 0.15) is 32.1 Å². The molecule has 0 saturated carbocycles. The fourth-order valence-electron chi connectivity index (χ4n) is 1.14. The monoisotopic (exact) mass is 212 g/mol. The van der Waals surface area contributed by atoms with Crippen molar-refractivity contribution in [3.63, 3.8) is 0 Å². The molecule has 0 aliphatic rings. The Kier molecular flexibility index (Phi) is 3.79. The summed E-state index contributed by atoms with van der Waals surface area (Å²) in [4.78, 5) is 10.8. The molecule has 0 spiro atoms. The molecule has 2 unspecified atom stereocenters. The van der Waals surface area contributed by atoms with E-state index in [1.165, 1.54) is 4.68 Å². The third-order valence-corrected chi connectivity index (χ3v) is 2.23. The first-order valence-electron chi connectivity index (χ1n) is 4.92. The summed E-state index contributed by atoms with van der Waals surface area (Å²) < 4.78 is 1.52. The molecule has 84 valence electrons. The molecule has 0 radical (unpaired) electrons. The van der Waals surface area contributed by atoms with Crippen LogP contribution in [0.2, 0.25) is 0 Å². The third-order valence-electron chi connectivity index (χ3n) is 2.23. The number of aliphatic hydroxyl groups is 1. The Labute approximate surface area is 88.1 Å². The first kappa shape index (κ1) is 11.6. The van der Waals surface area contributed by atoms with Gasteiger partial charge in [-0.3, -0.25) is 9.48 Å². The van der Waals surface area contributed by atoms with Crippen molar-refractivity contribution < 1.29 is 9.90 Å². The molecule has 0 aromatic carbocycles. The van der Waals surface area contributed by atoms with Crippen LogP contribution in [0.15, 0.2) is 6.20 Å². The van der Waals surface area contributed by atoms with Crippen LogP contribution in [-0.2, 0) is 11.3 Å². The van der Waals surface area contributed by atoms with E-state index in [4.69, 9.17) is 5.73 Å². The molecule has 2 atom stereocenters. The first-order valence-corrected chi connectivity index (χ1v) is 4.92. The predicted octanol–water partition coefficient (Wildman–Crippen LogP) is -0.157. The number of primary amides is 1. The number of hydrogen-bond donors (Lipinski definition) is 2. The zero-order valence-corrected chi connectivity index (χ0v) is 8.92. The van der Waals surface area contributed by atoms with Gasteiger partial charge in [-0.25, -0.2) is 0 Å². The molecule has 1 amide bonds. The van der Waals surface area contributed by atoms with Crippen LogP contribution in [0, 0.1) is 5.92 Å². The first-order chi connectivity index (χ1) is 7.04. The van der Waals surface area contributed by atoms with Crippen LogP contribution in [-0.4, -0.2) is 26.0 Å². The zero-order valence-electron chi connectivity index (χ0n) is 8.92. The Bertz CT molecular complexity index is 337. The van der Waals surface area contributed by atoms with Crippen molar-refractivity contribution in [3.05, 3.63) is 11.9 Å². The lowest BCUT2D eigenvalue weighted by molar-refractivity contribution is -0.121. The highest BCUT2D eigenvalue weighted by Gasteiger charge is 2.13. The molecule has 0 fully saturated rings. The normalized spacial score (nSPS) is 14.9. The van der Waals surface area contributed by atoms with E-state index in [0.717, 1.165) is 0 Å². The number of amides is 1. The van der Waals surface area contributed by atoms with Gasteiger partial charge in [0.25, 0.3) is 0 Å². The number of aliphatic hydroxyl groups excluding tert-OH is 1. The summed E-state index contributed by atoms with van der Waals surface area (Å²) in [6.45, 7) is 3.97. The van der Waals surface area contributed by atoms with Gasteiger partial charge in [0.1, 0.15) is 5.69 Å². The lowest BCUT2D eigenvalue weighted by Crippen LogP contribution is -2.24. The molecule has 6 heteroatoms. The van der Waals surface area contributed by atoms with E-state index in [1.54, 1.807) is 13.1 Å². The van der Waals surface area contributed by atoms with Crippen molar-refractivity contribution in [1.29, 1.82) is 0 Å². The minimum absolute atomic E-state index is 0.293. The molecule has 6 nitrogen and oxygen atoms in total. The molecule has 3 N–H and O–H groups in total. The van der Waals surface area contributed by atoms with Crippen molar-refractivity contribution >= 4 is 5.91 Å². The van der Waals surface area contributed by atoms with E-state index in [1.807, 2.05) is 6.92 Å². The Morgan fingerprint density at radius 1 is 1.73 bits per heavy atom. The van der Waals surface area contributed by atoms with E-state index >= 15 is 0 Å². The highest BCUT2D eigenvalue weighted by molar-refractivity contribution is 5.76. The number of carbonyl (C=O) groups excluding carboxylic acids is 1. The average Bonchev–Trinajstić information content (AvgIpc) is 2.65. The maximum Gasteiger partial charge on any atom is 0.222 e. The van der Waals surface area contributed by atoms with Gasteiger partial charge in [-0.2, -0.15) is 0 Å². The average molecular weight is 212 g/mol. The second-order valence-corrected chi connectivity index (χ2v) is 3.59. The molecule has 1 aromatic rings. The number of aromatic nitrogens is 3. The summed E-state index contributed by atoms with van der Waals surface area (Å²) >= 11 is 0. The van der Waals surface area contributed by atoms with Crippen molar-refractivity contribution in [2.75, 3.05) is 0 Å². The number of nitrogens with zero attached hydrogens (tertiary/aromatic N) is 3. The molecular formula is C9H16N4O2. The van der Waals surface area contributed by atoms with E-state index in [2.05, 4.69) is 10.3 Å². The molecule has 0 saturated heterocycles. The fraction of sp³-hybridized carbons (Fsp3) is 0.667. The lowest BCUT2D eigenvalue weighted by atomic mass is 10.2. The van der Waals surface area contributed by atoms with E-state index < -0.39 is 6.10 Å². The summed E-state index contributed by atoms with van der Waals surface area (Å²) in [6, 6.07) is 0. The number of nitrogens with two attached hydrogens (primary N) is 1. The second-order valence-electron chi connectivity index (χ2n) is 3.59. The second kappa shape index (κ2) is 4.88. The highest BCUT2D eigenvalue weighted by atomic mass is 16.3. The van der Waals surface area contributed by atoms with Crippen LogP contribution in [0.4, 0.5) is 0 Å². The van der Waals surface area contributed by atoms with Crippen molar-refractivity contribution in [1.82, 2.24) is 15.0 Å². The molecule has 1 aromatic heterocycles. The van der Waals surface area contributed by atoms with E-state index in [-0.39, 0.29) is 11.8 Å². The third kappa shape index (κ3) is 3.02. The predicted molar refractivity (Wildman–Crippen MR) is 53.6 cm³/mol. The van der Waals surface area contributed by atoms with Gasteiger partial charge in [-0.05, 0) is 6.42 Å². The Hall–Kier alpha value is -1.43. The Morgan fingerprint density at radius 3 is 2.93 bits per heavy atom. The number of hydrogen-bond acceptors (Lipinski definition) is 4. The van der Waals surface area contributed by atoms with Gasteiger partial charge in [0.15, 0.2) is 0 Å². The van der Waals surface area contributed by atoms with E-state index in [0.29, 0.717) is 18.7 Å². The highest BCUT2D eigenvalue weighted by Crippen LogP contribution is 2.12. The summed E-state index contributed by atoms with van der Waals surface area (Å²) in [5.74, 6) is -0.665. The van der Waals surface area contributed by atoms with Gasteiger partial charge in [-0.15, -0.1) is 5.10 Å². The van der Waals surface area contributed by atoms with Crippen LogP contribution < -0.4 is 5.73 Å². The van der Waals surface area contributed by atoms with Crippen LogP contribution >= 0.6 is 0 Å². The fourth-order valence-corrected chi connectivity index (χ4v) is 1.14. The Morgan fingerprint density at radius 2 is 2.40 bits per heavy atom. The molecule has 0 bridgehead atoms. The summed E-state index contributed by atoms with van der Waals surface area (Å²) in [6.07, 6.45) is 1.63. The lowest BCUT2D eigenvalue weighted by Gasteiger charge is -2.05. The number of rotatable bonds is 5. The minimum Gasteiger partial charge on any atom is -0.387 e. The molecule has 15 heavy (non-hydrogen) atoms. The van der Waals surface area contributed by atoms with Crippen molar-refractivity contribution in [3.8, 4) is 0 Å². The molecule has 0 aliphatic heterocycles. The molecular weight excluding hydrogens is 196 g/mol. The van der Waals surface area contributed by atoms with E-state index in [9.17, 15) is 9.90 Å². The van der Waals surface area contributed by atoms with Gasteiger partial charge in [0.2, 0.25) is 5.91 Å². The zero-order chi connectivity index (χ0) is 11.4. The van der Waals surface area contributed by atoms with Gasteiger partial charge in [0, 0.05) is 0 Å². The maximum absolute atomic E-state index is 10.8. The minimum atomic E-state index is -0.595. The molecule has 1 heterocycles. The van der Waals surface area contributed by atoms with Crippen LogP contribution in [0.25, 0.3) is 0 Å². The van der Waals surface area contributed by atoms with Crippen molar-refractivity contribution in [2.24, 2.45) is 11.7 Å². The standard InChI is InChI=1S/C9H16N4O2/c1-3-8(14)7-5-13(12-11-7)4-6(2)9(10)15/h5-6,8,14H,3-4H2,1-2H3,(H2,10,15). The molecule has 1 rings (SSSR count). The summed E-state index contributed by atoms with van der Waals surface area (Å²) in [7, 11) is 0. The van der Waals surface area contributed by atoms with Crippen LogP contribution in [0.5, 0.6) is 0 Å². The van der Waals surface area contributed by atoms with Crippen LogP contribution in [0.3, 0.4) is 0 Å². The largest absolute Gasteiger partial charge is 0.387 e. The quantitative estimate of drug-likeness (QED) is 0.709. The number of carbonyl (C=O) groups is 1. The van der Waals surface area contributed by atoms with Gasteiger partial charge < -0.3 is 10.8 Å². The van der Waals surface area contributed by atoms with Gasteiger partial charge >= 0.3 is 0 Å². The van der Waals surface area contributed by atoms with Gasteiger partial charge in [-0.1, -0.05) is 19.1 Å². The Balaban J connectivity index is 2.64. The smallest absolute Gasteiger partial charge is 0.222 e. The maximum atomic E-state index is 10.8.